The second-order valence-corrected chi connectivity index (χ2v) is 13.3. The number of carboxylic acids is 1. The van der Waals surface area contributed by atoms with Gasteiger partial charge in [0.25, 0.3) is 11.8 Å². The number of nitrogens with zero attached hydrogens (tertiary/aromatic N) is 3. The number of esters is 1. The number of hydrogen-bond acceptors (Lipinski definition) is 7. The minimum atomic E-state index is -1.35. The number of amides is 2. The van der Waals surface area contributed by atoms with Crippen molar-refractivity contribution in [2.45, 2.75) is 49.8 Å². The maximum Gasteiger partial charge on any atom is 0.356 e. The number of alkyl halides is 1. The van der Waals surface area contributed by atoms with E-state index in [0.717, 1.165) is 39.4 Å². The molecule has 0 aliphatic heterocycles. The molecule has 14 heteroatoms. The lowest BCUT2D eigenvalue weighted by atomic mass is 9.98. The highest BCUT2D eigenvalue weighted by atomic mass is 127. The maximum absolute atomic E-state index is 13.6. The normalized spacial score (nSPS) is 14.3. The van der Waals surface area contributed by atoms with Gasteiger partial charge >= 0.3 is 11.9 Å². The van der Waals surface area contributed by atoms with E-state index in [9.17, 15) is 33.1 Å². The van der Waals surface area contributed by atoms with Gasteiger partial charge in [-0.3, -0.25) is 9.59 Å². The summed E-state index contributed by atoms with van der Waals surface area (Å²) in [6, 6.07) is 8.48. The number of aromatic nitrogens is 3. The summed E-state index contributed by atoms with van der Waals surface area (Å²) in [4.78, 5) is 55.1. The van der Waals surface area contributed by atoms with Gasteiger partial charge in [-0.1, -0.05) is 12.1 Å². The van der Waals surface area contributed by atoms with E-state index >= 15 is 0 Å². The summed E-state index contributed by atoms with van der Waals surface area (Å²) in [6.45, 7) is 5.22. The third-order valence-electron chi connectivity index (χ3n) is 7.10. The number of carbonyl (C=O) groups is 4. The van der Waals surface area contributed by atoms with Crippen LogP contribution in [0.3, 0.4) is 0 Å². The van der Waals surface area contributed by atoms with Crippen LogP contribution in [0.5, 0.6) is 0 Å². The van der Waals surface area contributed by atoms with E-state index in [1.54, 1.807) is 26.0 Å². The number of nitrogens with one attached hydrogen (secondary N) is 2. The molecule has 0 bridgehead atoms. The molecule has 4 aromatic rings. The zero-order valence-electron chi connectivity index (χ0n) is 23.7. The number of halogens is 3. The monoisotopic (exact) mass is 717 g/mol. The minimum absolute atomic E-state index is 0.0583. The van der Waals surface area contributed by atoms with Gasteiger partial charge in [-0.2, -0.15) is 5.10 Å². The van der Waals surface area contributed by atoms with E-state index in [2.05, 4.69) is 20.7 Å². The Kier molecular flexibility index (Phi) is 8.38. The van der Waals surface area contributed by atoms with Crippen molar-refractivity contribution in [3.05, 3.63) is 99.0 Å². The van der Waals surface area contributed by atoms with Crippen LogP contribution in [0, 0.1) is 18.6 Å². The molecular formula is C30H26F2IN5O6. The molecule has 2 aromatic carbocycles. The van der Waals surface area contributed by atoms with Crippen molar-refractivity contribution >= 4 is 52.0 Å². The zero-order chi connectivity index (χ0) is 31.9. The predicted molar refractivity (Wildman–Crippen MR) is 161 cm³/mol. The van der Waals surface area contributed by atoms with Gasteiger partial charge in [0.2, 0.25) is 0 Å². The summed E-state index contributed by atoms with van der Waals surface area (Å²) < 4.78 is 32.7. The van der Waals surface area contributed by atoms with Crippen molar-refractivity contribution in [1.29, 1.82) is 0 Å². The van der Waals surface area contributed by atoms with Crippen LogP contribution in [0.1, 0.15) is 90.4 Å². The number of carboxylic acid groups (broad SMARTS) is 1. The van der Waals surface area contributed by atoms with Crippen LogP contribution in [0.15, 0.2) is 42.5 Å². The zero-order valence-corrected chi connectivity index (χ0v) is 25.9. The Bertz CT molecular complexity index is 1850. The average molecular weight is 717 g/mol. The van der Waals surface area contributed by atoms with E-state index in [4.69, 9.17) is 4.74 Å². The molecule has 0 saturated heterocycles. The SMILES string of the molecule is Cc1c(C(=O)OC(C)(C)I)ccc2c1CC[C@@H]2NC(=O)c1cc(C(=O)NCc2ccc(F)c(F)c2)nc2cc(C(=O)O)nn12. The van der Waals surface area contributed by atoms with Gasteiger partial charge in [-0.15, -0.1) is 0 Å². The summed E-state index contributed by atoms with van der Waals surface area (Å²) in [5, 5.41) is 18.9. The number of benzene rings is 2. The van der Waals surface area contributed by atoms with Crippen LogP contribution in [-0.4, -0.2) is 47.1 Å². The average Bonchev–Trinajstić information content (AvgIpc) is 3.57. The standard InChI is InChI=1S/C30H26F2IN5O6/c1-14-16-7-9-21(18(16)6-5-17(14)29(43)44-30(2,3)33)36-27(40)24-11-22(35-25-12-23(28(41)42)37-38(24)25)26(39)34-13-15-4-8-19(31)20(32)10-15/h4-6,8,10-12,21H,7,9,13H2,1-3H3,(H,34,39)(H,36,40)(H,41,42)/t21-/m0/s1. The third kappa shape index (κ3) is 6.39. The number of fused-ring (bicyclic) bond motifs is 2. The molecule has 2 amide bonds. The second kappa shape index (κ2) is 11.9. The van der Waals surface area contributed by atoms with Gasteiger partial charge in [0.1, 0.15) is 11.4 Å². The van der Waals surface area contributed by atoms with Crippen LogP contribution in [-0.2, 0) is 17.7 Å². The predicted octanol–water partition coefficient (Wildman–Crippen LogP) is 4.69. The van der Waals surface area contributed by atoms with Crippen molar-refractivity contribution in [3.63, 3.8) is 0 Å². The Balaban J connectivity index is 1.41. The molecule has 0 spiro atoms. The summed E-state index contributed by atoms with van der Waals surface area (Å²) in [5.74, 6) is -5.27. The minimum Gasteiger partial charge on any atom is -0.476 e. The van der Waals surface area contributed by atoms with E-state index in [0.29, 0.717) is 24.0 Å². The van der Waals surface area contributed by atoms with Gasteiger partial charge < -0.3 is 20.5 Å². The summed E-state index contributed by atoms with van der Waals surface area (Å²) in [7, 11) is 0. The highest BCUT2D eigenvalue weighted by molar-refractivity contribution is 14.1. The lowest BCUT2D eigenvalue weighted by Gasteiger charge is -2.20. The molecule has 1 aliphatic carbocycles. The van der Waals surface area contributed by atoms with Crippen LogP contribution in [0.2, 0.25) is 0 Å². The first-order valence-electron chi connectivity index (χ1n) is 13.4. The lowest BCUT2D eigenvalue weighted by Crippen LogP contribution is -2.31. The third-order valence-corrected chi connectivity index (χ3v) is 7.32. The molecule has 2 aromatic heterocycles. The Morgan fingerprint density at radius 3 is 2.50 bits per heavy atom. The van der Waals surface area contributed by atoms with E-state index in [1.165, 1.54) is 12.1 Å². The van der Waals surface area contributed by atoms with Crippen molar-refractivity contribution < 1.29 is 37.8 Å². The molecule has 228 valence electrons. The van der Waals surface area contributed by atoms with Gasteiger partial charge in [-0.25, -0.2) is 27.9 Å². The molecule has 5 rings (SSSR count). The first-order valence-corrected chi connectivity index (χ1v) is 14.5. The molecule has 3 N–H and O–H groups in total. The molecule has 1 aliphatic rings. The number of rotatable bonds is 8. The van der Waals surface area contributed by atoms with Gasteiger partial charge in [-0.05, 0) is 96.7 Å². The molecule has 44 heavy (non-hydrogen) atoms. The Hall–Kier alpha value is -4.47. The largest absolute Gasteiger partial charge is 0.476 e. The maximum atomic E-state index is 13.6. The van der Waals surface area contributed by atoms with Crippen molar-refractivity contribution in [1.82, 2.24) is 25.2 Å². The molecule has 0 saturated carbocycles. The van der Waals surface area contributed by atoms with Crippen LogP contribution in [0.25, 0.3) is 5.65 Å². The van der Waals surface area contributed by atoms with Gasteiger partial charge in [0, 0.05) is 18.7 Å². The van der Waals surface area contributed by atoms with Crippen LogP contribution >= 0.6 is 22.6 Å². The Labute approximate surface area is 263 Å². The summed E-state index contributed by atoms with van der Waals surface area (Å²) in [5.41, 5.74) is 2.42. The number of carbonyl (C=O) groups excluding carboxylic acids is 3. The molecule has 1 atom stereocenters. The molecule has 11 nitrogen and oxygen atoms in total. The smallest absolute Gasteiger partial charge is 0.356 e. The second-order valence-electron chi connectivity index (χ2n) is 10.7. The molecule has 0 radical (unpaired) electrons. The van der Waals surface area contributed by atoms with Crippen molar-refractivity contribution in [2.75, 3.05) is 0 Å². The van der Waals surface area contributed by atoms with Crippen molar-refractivity contribution in [2.24, 2.45) is 0 Å². The number of aromatic carboxylic acids is 1. The topological polar surface area (TPSA) is 152 Å². The van der Waals surface area contributed by atoms with Crippen LogP contribution < -0.4 is 10.6 Å². The first kappa shape index (κ1) is 31.0. The fourth-order valence-corrected chi connectivity index (χ4v) is 5.24. The Morgan fingerprint density at radius 1 is 1.07 bits per heavy atom. The van der Waals surface area contributed by atoms with E-state index in [1.807, 2.05) is 29.5 Å². The fourth-order valence-electron chi connectivity index (χ4n) is 5.04. The Morgan fingerprint density at radius 2 is 1.82 bits per heavy atom. The number of hydrogen-bond donors (Lipinski definition) is 3. The fraction of sp³-hybridized carbons (Fsp3) is 0.267. The van der Waals surface area contributed by atoms with Crippen molar-refractivity contribution in [3.8, 4) is 0 Å². The summed E-state index contributed by atoms with van der Waals surface area (Å²) in [6.07, 6.45) is 1.13. The van der Waals surface area contributed by atoms with Gasteiger partial charge in [0.05, 0.1) is 11.6 Å². The molecule has 0 fully saturated rings. The molecular weight excluding hydrogens is 691 g/mol. The highest BCUT2D eigenvalue weighted by Gasteiger charge is 2.30. The number of ether oxygens (including phenoxy) is 1. The molecule has 0 unspecified atom stereocenters. The van der Waals surface area contributed by atoms with Crippen LogP contribution in [0.4, 0.5) is 8.78 Å². The molecule has 2 heterocycles. The van der Waals surface area contributed by atoms with E-state index in [-0.39, 0.29) is 29.3 Å². The van der Waals surface area contributed by atoms with Gasteiger partial charge in [0.15, 0.2) is 26.6 Å². The van der Waals surface area contributed by atoms with E-state index < -0.39 is 45.0 Å². The summed E-state index contributed by atoms with van der Waals surface area (Å²) >= 11 is 2.03. The first-order chi connectivity index (χ1) is 20.7. The lowest BCUT2D eigenvalue weighted by molar-refractivity contribution is 0.0338. The highest BCUT2D eigenvalue weighted by Crippen LogP contribution is 2.35. The quantitative estimate of drug-likeness (QED) is 0.135.